The summed E-state index contributed by atoms with van der Waals surface area (Å²) in [5.41, 5.74) is 20.8. The van der Waals surface area contributed by atoms with Gasteiger partial charge in [0.15, 0.2) is 0 Å². The number of fused-ring (bicyclic) bond motifs is 8. The summed E-state index contributed by atoms with van der Waals surface area (Å²) >= 11 is 0. The first-order valence-electron chi connectivity index (χ1n) is 24.2. The molecule has 10 aromatic carbocycles. The smallest absolute Gasteiger partial charge is 0.0699 e. The number of hydrogen-bond acceptors (Lipinski definition) is 4. The zero-order valence-corrected chi connectivity index (χ0v) is 39.7. The highest BCUT2D eigenvalue weighted by Crippen LogP contribution is 2.55. The normalized spacial score (nSPS) is 15.4. The van der Waals surface area contributed by atoms with Crippen LogP contribution in [0.15, 0.2) is 212 Å². The molecule has 0 saturated heterocycles. The monoisotopic (exact) mass is 888 g/mol. The summed E-state index contributed by atoms with van der Waals surface area (Å²) in [7, 11) is 4.35. The maximum atomic E-state index is 2.47. The van der Waals surface area contributed by atoms with Crippen LogP contribution in [0.5, 0.6) is 0 Å². The van der Waals surface area contributed by atoms with Crippen molar-refractivity contribution in [3.05, 3.63) is 229 Å². The lowest BCUT2D eigenvalue weighted by atomic mass is 9.84. The van der Waals surface area contributed by atoms with Crippen LogP contribution in [0.4, 0.5) is 56.9 Å². The molecule has 0 atom stereocenters. The summed E-state index contributed by atoms with van der Waals surface area (Å²) in [5, 5.41) is 7.35. The maximum Gasteiger partial charge on any atom is 0.0699 e. The van der Waals surface area contributed by atoms with Crippen LogP contribution in [-0.2, 0) is 5.41 Å². The molecule has 0 N–H and O–H groups in total. The van der Waals surface area contributed by atoms with Gasteiger partial charge in [-0.05, 0) is 163 Å². The number of anilines is 10. The van der Waals surface area contributed by atoms with Gasteiger partial charge >= 0.3 is 0 Å². The first-order chi connectivity index (χ1) is 33.7. The highest BCUT2D eigenvalue weighted by Gasteiger charge is 2.33. The van der Waals surface area contributed by atoms with E-state index in [-0.39, 0.29) is 5.41 Å². The first-order valence-corrected chi connectivity index (χ1v) is 24.2. The van der Waals surface area contributed by atoms with E-state index in [0.717, 1.165) is 40.5 Å². The van der Waals surface area contributed by atoms with Crippen molar-refractivity contribution in [2.75, 3.05) is 33.7 Å². The van der Waals surface area contributed by atoms with E-state index in [4.69, 9.17) is 0 Å². The van der Waals surface area contributed by atoms with Crippen LogP contribution in [0.25, 0.3) is 54.6 Å². The quantitative estimate of drug-likeness (QED) is 0.160. The second-order valence-corrected chi connectivity index (χ2v) is 19.6. The maximum absolute atomic E-state index is 2.47. The van der Waals surface area contributed by atoms with Gasteiger partial charge in [-0.25, -0.2) is 0 Å². The predicted octanol–water partition coefficient (Wildman–Crippen LogP) is 18.1. The summed E-state index contributed by atoms with van der Waals surface area (Å²) in [5.74, 6) is 0. The molecule has 10 aromatic rings. The Labute approximate surface area is 404 Å². The number of allylic oxidation sites excluding steroid dienone is 4. The van der Waals surface area contributed by atoms with E-state index in [2.05, 4.69) is 267 Å². The third kappa shape index (κ3) is 6.28. The van der Waals surface area contributed by atoms with E-state index in [1.54, 1.807) is 0 Å². The van der Waals surface area contributed by atoms with Crippen molar-refractivity contribution in [3.8, 4) is 11.1 Å². The van der Waals surface area contributed by atoms with Gasteiger partial charge in [0.2, 0.25) is 0 Å². The fourth-order valence-electron chi connectivity index (χ4n) is 11.9. The van der Waals surface area contributed by atoms with Crippen LogP contribution < -0.4 is 19.6 Å². The number of rotatable bonds is 5. The van der Waals surface area contributed by atoms with Crippen molar-refractivity contribution >= 4 is 100 Å². The summed E-state index contributed by atoms with van der Waals surface area (Å²) < 4.78 is 0. The molecule has 13 rings (SSSR count). The third-order valence-corrected chi connectivity index (χ3v) is 15.2. The minimum atomic E-state index is 0.0740. The first kappa shape index (κ1) is 40.9. The van der Waals surface area contributed by atoms with Crippen LogP contribution in [0.1, 0.15) is 43.9 Å². The van der Waals surface area contributed by atoms with Crippen LogP contribution in [0, 0.1) is 0 Å². The number of benzene rings is 10. The average Bonchev–Trinajstić information content (AvgIpc) is 3.66. The third-order valence-electron chi connectivity index (χ3n) is 15.2. The summed E-state index contributed by atoms with van der Waals surface area (Å²) in [6.45, 7) is 7.07. The van der Waals surface area contributed by atoms with E-state index in [1.807, 2.05) is 0 Å². The lowest BCUT2D eigenvalue weighted by molar-refractivity contribution is 0.563. The largest absolute Gasteiger partial charge is 0.341 e. The number of para-hydroxylation sites is 8. The Morgan fingerprint density at radius 3 is 1.49 bits per heavy atom. The molecule has 332 valence electrons. The zero-order valence-electron chi connectivity index (χ0n) is 39.7. The van der Waals surface area contributed by atoms with Crippen molar-refractivity contribution in [2.45, 2.75) is 32.6 Å². The molecule has 0 spiro atoms. The van der Waals surface area contributed by atoms with Gasteiger partial charge in [-0.1, -0.05) is 153 Å². The van der Waals surface area contributed by atoms with Crippen LogP contribution in [0.2, 0.25) is 0 Å². The van der Waals surface area contributed by atoms with Crippen molar-refractivity contribution < 1.29 is 0 Å². The van der Waals surface area contributed by atoms with Gasteiger partial charge in [-0.2, -0.15) is 0 Å². The Balaban J connectivity index is 1.13. The lowest BCUT2D eigenvalue weighted by Gasteiger charge is -2.39. The SMILES string of the molecule is C/C(=C\C=C1/CC(C)(C)c2ccccc21)c1c2cc(N3c4ccccc4N(C)c4ccccc43)ccc2c(-c2cccc3ccccc23)c2cc(N3c4ccccc4N(C)c4ccccc43)ccc12. The molecule has 0 radical (unpaired) electrons. The van der Waals surface area contributed by atoms with Gasteiger partial charge in [0.05, 0.1) is 45.5 Å². The molecule has 69 heavy (non-hydrogen) atoms. The molecule has 0 amide bonds. The van der Waals surface area contributed by atoms with E-state index < -0.39 is 0 Å². The summed E-state index contributed by atoms with van der Waals surface area (Å²) in [6, 6.07) is 74.2. The zero-order chi connectivity index (χ0) is 46.5. The lowest BCUT2D eigenvalue weighted by Crippen LogP contribution is -2.24. The number of nitrogens with zero attached hydrogens (tertiary/aromatic N) is 4. The molecule has 0 bridgehead atoms. The molecular weight excluding hydrogens is 837 g/mol. The molecule has 0 fully saturated rings. The van der Waals surface area contributed by atoms with Crippen molar-refractivity contribution in [2.24, 2.45) is 0 Å². The molecule has 2 aliphatic heterocycles. The Kier molecular flexibility index (Phi) is 9.25. The highest BCUT2D eigenvalue weighted by molar-refractivity contribution is 6.23. The summed E-state index contributed by atoms with van der Waals surface area (Å²) in [6.07, 6.45) is 5.80. The van der Waals surface area contributed by atoms with Gasteiger partial charge < -0.3 is 19.6 Å². The molecule has 0 saturated carbocycles. The van der Waals surface area contributed by atoms with Crippen LogP contribution in [-0.4, -0.2) is 14.1 Å². The Bertz CT molecular complexity index is 3720. The molecule has 4 heteroatoms. The highest BCUT2D eigenvalue weighted by atomic mass is 15.3. The topological polar surface area (TPSA) is 13.0 Å². The van der Waals surface area contributed by atoms with Gasteiger partial charge in [-0.3, -0.25) is 0 Å². The van der Waals surface area contributed by atoms with E-state index in [9.17, 15) is 0 Å². The number of hydrogen-bond donors (Lipinski definition) is 0. The van der Waals surface area contributed by atoms with Gasteiger partial charge in [-0.15, -0.1) is 0 Å². The molecule has 3 aliphatic rings. The molecule has 0 unspecified atom stereocenters. The van der Waals surface area contributed by atoms with E-state index >= 15 is 0 Å². The molecule has 0 aromatic heterocycles. The molecule has 2 heterocycles. The fourth-order valence-corrected chi connectivity index (χ4v) is 11.9. The average molecular weight is 889 g/mol. The van der Waals surface area contributed by atoms with Gasteiger partial charge in [0.25, 0.3) is 0 Å². The Morgan fingerprint density at radius 2 is 0.899 bits per heavy atom. The minimum Gasteiger partial charge on any atom is -0.341 e. The Hall–Kier alpha value is -8.34. The standard InChI is InChI=1S/C65H52N4/c1-42(33-34-44-41-65(2,3)54-24-9-8-22-48(44)54)63-50-37-35-46(69-61-31-16-12-27-57(61)67(5)58-28-13-17-32-62(58)69)40-53(50)64(49-23-18-20-43-19-6-7-21-47(43)49)51-38-36-45(39-52(51)63)68-59-29-14-10-25-55(59)66(4)56-26-11-15-30-60(56)68/h6-40H,41H2,1-5H3/b42-33+,44-34+. The van der Waals surface area contributed by atoms with Crippen molar-refractivity contribution in [1.82, 2.24) is 0 Å². The minimum absolute atomic E-state index is 0.0740. The van der Waals surface area contributed by atoms with Crippen molar-refractivity contribution in [3.63, 3.8) is 0 Å². The van der Waals surface area contributed by atoms with E-state index in [0.29, 0.717) is 0 Å². The predicted molar refractivity (Wildman–Crippen MR) is 296 cm³/mol. The van der Waals surface area contributed by atoms with Crippen LogP contribution >= 0.6 is 0 Å². The fraction of sp³-hybridized carbons (Fsp3) is 0.108. The summed E-state index contributed by atoms with van der Waals surface area (Å²) in [4.78, 5) is 9.55. The molecular formula is C65H52N4. The Morgan fingerprint density at radius 1 is 0.435 bits per heavy atom. The molecule has 4 nitrogen and oxygen atoms in total. The second-order valence-electron chi connectivity index (χ2n) is 19.6. The van der Waals surface area contributed by atoms with Crippen molar-refractivity contribution in [1.29, 1.82) is 0 Å². The second kappa shape index (κ2) is 15.6. The van der Waals surface area contributed by atoms with Gasteiger partial charge in [0, 0.05) is 25.5 Å². The van der Waals surface area contributed by atoms with Gasteiger partial charge in [0.1, 0.15) is 0 Å². The van der Waals surface area contributed by atoms with E-state index in [1.165, 1.54) is 94.0 Å². The van der Waals surface area contributed by atoms with Crippen LogP contribution in [0.3, 0.4) is 0 Å². The molecule has 1 aliphatic carbocycles.